The molecule has 10 heteroatoms. The zero-order valence-corrected chi connectivity index (χ0v) is 16.1. The Hall–Kier alpha value is -2.75. The quantitative estimate of drug-likeness (QED) is 0.786. The van der Waals surface area contributed by atoms with E-state index in [2.05, 4.69) is 0 Å². The first-order chi connectivity index (χ1) is 13.6. The van der Waals surface area contributed by atoms with E-state index in [0.717, 1.165) is 12.1 Å². The van der Waals surface area contributed by atoms with Gasteiger partial charge in [-0.3, -0.25) is 0 Å². The molecule has 0 aromatic heterocycles. The van der Waals surface area contributed by atoms with Crippen LogP contribution in [0.3, 0.4) is 0 Å². The summed E-state index contributed by atoms with van der Waals surface area (Å²) < 4.78 is 71.0. The van der Waals surface area contributed by atoms with Gasteiger partial charge in [-0.15, -0.1) is 0 Å². The van der Waals surface area contributed by atoms with Gasteiger partial charge in [0.15, 0.2) is 9.84 Å². The van der Waals surface area contributed by atoms with E-state index in [1.807, 2.05) is 0 Å². The third-order valence-electron chi connectivity index (χ3n) is 4.89. The molecule has 3 rings (SSSR count). The van der Waals surface area contributed by atoms with E-state index in [1.54, 1.807) is 24.3 Å². The van der Waals surface area contributed by atoms with Crippen molar-refractivity contribution in [3.8, 4) is 5.75 Å². The van der Waals surface area contributed by atoms with Crippen LogP contribution in [0.15, 0.2) is 53.4 Å². The molecule has 2 atom stereocenters. The maximum atomic E-state index is 13.3. The second-order valence-corrected chi connectivity index (χ2v) is 8.80. The van der Waals surface area contributed by atoms with E-state index in [-0.39, 0.29) is 13.0 Å². The topological polar surface area (TPSA) is 83.9 Å². The van der Waals surface area contributed by atoms with Gasteiger partial charge < -0.3 is 14.7 Å². The standard InChI is InChI=1S/C19H18F3NO5S/c1-28-13-8-6-12(7-9-13)23-11-14(10-16(23)18(24)25)29(26,27)17-5-3-2-4-15(17)19(20,21)22/h2-9,14,16H,10-11H2,1H3,(H,24,25). The molecule has 0 spiro atoms. The monoisotopic (exact) mass is 429 g/mol. The summed E-state index contributed by atoms with van der Waals surface area (Å²) in [7, 11) is -2.96. The third kappa shape index (κ3) is 4.02. The van der Waals surface area contributed by atoms with E-state index < -0.39 is 43.7 Å². The number of halogens is 3. The lowest BCUT2D eigenvalue weighted by Gasteiger charge is -2.23. The van der Waals surface area contributed by atoms with Crippen LogP contribution in [-0.4, -0.2) is 44.4 Å². The van der Waals surface area contributed by atoms with Crippen molar-refractivity contribution in [2.24, 2.45) is 0 Å². The number of benzene rings is 2. The molecule has 0 amide bonds. The number of rotatable bonds is 5. The van der Waals surface area contributed by atoms with Crippen LogP contribution < -0.4 is 9.64 Å². The molecule has 2 unspecified atom stereocenters. The number of carboxylic acids is 1. The number of nitrogens with zero attached hydrogens (tertiary/aromatic N) is 1. The number of carboxylic acid groups (broad SMARTS) is 1. The molecule has 2 aromatic carbocycles. The smallest absolute Gasteiger partial charge is 0.417 e. The minimum Gasteiger partial charge on any atom is -0.497 e. The SMILES string of the molecule is COc1ccc(N2CC(S(=O)(=O)c3ccccc3C(F)(F)F)CC2C(=O)O)cc1. The molecular weight excluding hydrogens is 411 g/mol. The first-order valence-corrected chi connectivity index (χ1v) is 10.1. The summed E-state index contributed by atoms with van der Waals surface area (Å²) in [4.78, 5) is 12.2. The summed E-state index contributed by atoms with van der Waals surface area (Å²) in [6, 6.07) is 9.10. The highest BCUT2D eigenvalue weighted by Gasteiger charge is 2.46. The fraction of sp³-hybridized carbons (Fsp3) is 0.316. The first-order valence-electron chi connectivity index (χ1n) is 8.59. The van der Waals surface area contributed by atoms with Crippen LogP contribution in [0.1, 0.15) is 12.0 Å². The van der Waals surface area contributed by atoms with E-state index >= 15 is 0 Å². The van der Waals surface area contributed by atoms with Crippen LogP contribution in [0.4, 0.5) is 18.9 Å². The molecule has 2 aromatic rings. The van der Waals surface area contributed by atoms with Crippen molar-refractivity contribution in [1.29, 1.82) is 0 Å². The van der Waals surface area contributed by atoms with Crippen LogP contribution in [0.25, 0.3) is 0 Å². The molecule has 1 fully saturated rings. The Bertz CT molecular complexity index is 1010. The summed E-state index contributed by atoms with van der Waals surface area (Å²) >= 11 is 0. The van der Waals surface area contributed by atoms with E-state index in [9.17, 15) is 31.5 Å². The van der Waals surface area contributed by atoms with Crippen LogP contribution in [0.2, 0.25) is 0 Å². The Balaban J connectivity index is 1.99. The summed E-state index contributed by atoms with van der Waals surface area (Å²) in [5, 5.41) is 8.25. The highest BCUT2D eigenvalue weighted by Crippen LogP contribution is 2.38. The van der Waals surface area contributed by atoms with Gasteiger partial charge in [0.2, 0.25) is 0 Å². The number of carbonyl (C=O) groups is 1. The average molecular weight is 429 g/mol. The predicted octanol–water partition coefficient (Wildman–Crippen LogP) is 3.22. The van der Waals surface area contributed by atoms with Crippen LogP contribution in [0, 0.1) is 0 Å². The van der Waals surface area contributed by atoms with Crippen molar-refractivity contribution < 1.29 is 36.2 Å². The Labute approximate surface area is 165 Å². The number of aliphatic carboxylic acids is 1. The van der Waals surface area contributed by atoms with Crippen molar-refractivity contribution in [3.05, 3.63) is 54.1 Å². The first kappa shape index (κ1) is 21.0. The maximum Gasteiger partial charge on any atom is 0.417 e. The third-order valence-corrected chi connectivity index (χ3v) is 7.08. The Morgan fingerprint density at radius 2 is 1.76 bits per heavy atom. The lowest BCUT2D eigenvalue weighted by molar-refractivity contribution is -0.140. The number of hydrogen-bond donors (Lipinski definition) is 1. The molecule has 0 radical (unpaired) electrons. The van der Waals surface area contributed by atoms with Crippen molar-refractivity contribution in [3.63, 3.8) is 0 Å². The van der Waals surface area contributed by atoms with Gasteiger partial charge >= 0.3 is 12.1 Å². The van der Waals surface area contributed by atoms with Gasteiger partial charge in [0.25, 0.3) is 0 Å². The molecule has 156 valence electrons. The van der Waals surface area contributed by atoms with Crippen molar-refractivity contribution in [2.45, 2.75) is 28.8 Å². The molecule has 1 aliphatic rings. The Morgan fingerprint density at radius 3 is 2.31 bits per heavy atom. The highest BCUT2D eigenvalue weighted by atomic mass is 32.2. The normalized spacial score (nSPS) is 19.9. The van der Waals surface area contributed by atoms with Gasteiger partial charge in [-0.05, 0) is 42.8 Å². The van der Waals surface area contributed by atoms with Crippen LogP contribution in [0.5, 0.6) is 5.75 Å². The van der Waals surface area contributed by atoms with Gasteiger partial charge in [0.05, 0.1) is 22.8 Å². The molecular formula is C19H18F3NO5S. The summed E-state index contributed by atoms with van der Waals surface area (Å²) in [5.74, 6) is -0.717. The lowest BCUT2D eigenvalue weighted by atomic mass is 10.2. The molecule has 1 aliphatic heterocycles. The number of alkyl halides is 3. The van der Waals surface area contributed by atoms with Crippen LogP contribution >= 0.6 is 0 Å². The second kappa shape index (κ2) is 7.58. The van der Waals surface area contributed by atoms with Crippen LogP contribution in [-0.2, 0) is 20.8 Å². The molecule has 6 nitrogen and oxygen atoms in total. The van der Waals surface area contributed by atoms with Gasteiger partial charge in [-0.1, -0.05) is 12.1 Å². The summed E-state index contributed by atoms with van der Waals surface area (Å²) in [6.45, 7) is -0.238. The largest absolute Gasteiger partial charge is 0.497 e. The van der Waals surface area contributed by atoms with E-state index in [4.69, 9.17) is 4.74 Å². The number of anilines is 1. The van der Waals surface area contributed by atoms with E-state index in [0.29, 0.717) is 17.5 Å². The van der Waals surface area contributed by atoms with Crippen molar-refractivity contribution >= 4 is 21.5 Å². The van der Waals surface area contributed by atoms with Crippen molar-refractivity contribution in [1.82, 2.24) is 0 Å². The lowest BCUT2D eigenvalue weighted by Crippen LogP contribution is -2.36. The average Bonchev–Trinajstić information content (AvgIpc) is 3.14. The fourth-order valence-electron chi connectivity index (χ4n) is 3.44. The maximum absolute atomic E-state index is 13.3. The number of sulfone groups is 1. The minimum absolute atomic E-state index is 0.238. The minimum atomic E-state index is -4.84. The number of hydrogen-bond acceptors (Lipinski definition) is 5. The zero-order valence-electron chi connectivity index (χ0n) is 15.3. The molecule has 0 aliphatic carbocycles. The number of ether oxygens (including phenoxy) is 1. The summed E-state index contributed by atoms with van der Waals surface area (Å²) in [5.41, 5.74) is -0.810. The zero-order chi connectivity index (χ0) is 21.4. The molecule has 0 bridgehead atoms. The van der Waals surface area contributed by atoms with Gasteiger partial charge in [-0.25, -0.2) is 13.2 Å². The van der Waals surface area contributed by atoms with Crippen molar-refractivity contribution in [2.75, 3.05) is 18.6 Å². The fourth-order valence-corrected chi connectivity index (χ4v) is 5.35. The molecule has 1 saturated heterocycles. The summed E-state index contributed by atoms with van der Waals surface area (Å²) in [6.07, 6.45) is -5.17. The van der Waals surface area contributed by atoms with Gasteiger partial charge in [0.1, 0.15) is 11.8 Å². The molecule has 0 saturated carbocycles. The van der Waals surface area contributed by atoms with E-state index in [1.165, 1.54) is 18.1 Å². The van der Waals surface area contributed by atoms with Gasteiger partial charge in [-0.2, -0.15) is 13.2 Å². The Morgan fingerprint density at radius 1 is 1.14 bits per heavy atom. The molecule has 1 N–H and O–H groups in total. The highest BCUT2D eigenvalue weighted by molar-refractivity contribution is 7.92. The molecule has 29 heavy (non-hydrogen) atoms. The molecule has 1 heterocycles. The Kier molecular flexibility index (Phi) is 5.48. The predicted molar refractivity (Wildman–Crippen MR) is 98.8 cm³/mol. The second-order valence-electron chi connectivity index (χ2n) is 6.60. The number of methoxy groups -OCH3 is 1. The van der Waals surface area contributed by atoms with Gasteiger partial charge in [0, 0.05) is 12.2 Å².